The Kier molecular flexibility index (Phi) is 4.71. The second-order valence-electron chi connectivity index (χ2n) is 6.60. The van der Waals surface area contributed by atoms with E-state index >= 15 is 0 Å². The maximum Gasteiger partial charge on any atom is 0.141 e. The summed E-state index contributed by atoms with van der Waals surface area (Å²) in [6.07, 6.45) is 1.59. The van der Waals surface area contributed by atoms with Gasteiger partial charge in [-0.3, -0.25) is 0 Å². The number of anilines is 2. The molecule has 3 aromatic carbocycles. The minimum absolute atomic E-state index is 0.558. The van der Waals surface area contributed by atoms with Crippen molar-refractivity contribution in [1.29, 1.82) is 0 Å². The van der Waals surface area contributed by atoms with E-state index in [2.05, 4.69) is 53.4 Å². The van der Waals surface area contributed by atoms with E-state index in [9.17, 15) is 0 Å². The summed E-state index contributed by atoms with van der Waals surface area (Å²) in [7, 11) is 0. The fourth-order valence-corrected chi connectivity index (χ4v) is 2.93. The first-order valence-electron chi connectivity index (χ1n) is 8.95. The largest absolute Gasteiger partial charge is 0.489 e. The van der Waals surface area contributed by atoms with Crippen LogP contribution in [0.5, 0.6) is 5.75 Å². The highest BCUT2D eigenvalue weighted by Crippen LogP contribution is 2.26. The van der Waals surface area contributed by atoms with Gasteiger partial charge in [0.15, 0.2) is 0 Å². The predicted octanol–water partition coefficient (Wildman–Crippen LogP) is 5.57. The van der Waals surface area contributed by atoms with Gasteiger partial charge in [0.1, 0.15) is 24.5 Å². The highest BCUT2D eigenvalue weighted by molar-refractivity contribution is 5.91. The van der Waals surface area contributed by atoms with Crippen LogP contribution >= 0.6 is 0 Å². The number of fused-ring (bicyclic) bond motifs is 1. The molecule has 0 aliphatic heterocycles. The lowest BCUT2D eigenvalue weighted by Crippen LogP contribution is -1.98. The lowest BCUT2D eigenvalue weighted by Gasteiger charge is -2.11. The Hall–Kier alpha value is -3.40. The van der Waals surface area contributed by atoms with Crippen LogP contribution in [0.4, 0.5) is 11.5 Å². The van der Waals surface area contributed by atoms with E-state index in [4.69, 9.17) is 4.74 Å². The summed E-state index contributed by atoms with van der Waals surface area (Å²) >= 11 is 0. The number of hydrogen-bond donors (Lipinski definition) is 1. The second-order valence-corrected chi connectivity index (χ2v) is 6.60. The van der Waals surface area contributed by atoms with Gasteiger partial charge in [0.2, 0.25) is 0 Å². The second kappa shape index (κ2) is 7.46. The number of benzene rings is 3. The Bertz CT molecular complexity index is 1060. The number of aromatic nitrogens is 2. The summed E-state index contributed by atoms with van der Waals surface area (Å²) in [4.78, 5) is 8.80. The number of aryl methyl sites for hydroxylation is 2. The molecule has 0 fully saturated rings. The molecule has 0 bridgehead atoms. The van der Waals surface area contributed by atoms with Crippen molar-refractivity contribution in [2.24, 2.45) is 0 Å². The Labute approximate surface area is 158 Å². The van der Waals surface area contributed by atoms with Gasteiger partial charge in [-0.1, -0.05) is 30.3 Å². The van der Waals surface area contributed by atoms with Crippen LogP contribution < -0.4 is 10.1 Å². The van der Waals surface area contributed by atoms with Crippen molar-refractivity contribution in [2.75, 3.05) is 5.32 Å². The van der Waals surface area contributed by atoms with E-state index < -0.39 is 0 Å². The number of rotatable bonds is 5. The van der Waals surface area contributed by atoms with Gasteiger partial charge in [-0.2, -0.15) is 0 Å². The van der Waals surface area contributed by atoms with Crippen molar-refractivity contribution in [3.8, 4) is 5.75 Å². The molecule has 4 aromatic rings. The molecule has 0 atom stereocenters. The molecule has 0 aliphatic carbocycles. The molecule has 1 heterocycles. The normalized spacial score (nSPS) is 10.7. The Morgan fingerprint density at radius 2 is 1.59 bits per heavy atom. The lowest BCUT2D eigenvalue weighted by molar-refractivity contribution is 0.306. The zero-order valence-electron chi connectivity index (χ0n) is 15.4. The molecule has 0 saturated carbocycles. The Morgan fingerprint density at radius 1 is 0.852 bits per heavy atom. The van der Waals surface area contributed by atoms with Gasteiger partial charge in [0, 0.05) is 11.1 Å². The third-order valence-corrected chi connectivity index (χ3v) is 4.62. The summed E-state index contributed by atoms with van der Waals surface area (Å²) in [5.41, 5.74) is 5.51. The van der Waals surface area contributed by atoms with Crippen molar-refractivity contribution in [3.05, 3.63) is 89.7 Å². The lowest BCUT2D eigenvalue weighted by atomic mass is 10.1. The number of nitrogens with zero attached hydrogens (tertiary/aromatic N) is 2. The molecule has 4 rings (SSSR count). The Balaban J connectivity index is 1.50. The van der Waals surface area contributed by atoms with Gasteiger partial charge < -0.3 is 10.1 Å². The summed E-state index contributed by atoms with van der Waals surface area (Å²) in [5.74, 6) is 1.64. The highest BCUT2D eigenvalue weighted by atomic mass is 16.5. The average Bonchev–Trinajstić information content (AvgIpc) is 2.70. The van der Waals surface area contributed by atoms with Crippen LogP contribution in [-0.4, -0.2) is 9.97 Å². The van der Waals surface area contributed by atoms with Gasteiger partial charge in [-0.15, -0.1) is 0 Å². The number of nitrogens with one attached hydrogen (secondary N) is 1. The van der Waals surface area contributed by atoms with Crippen molar-refractivity contribution in [1.82, 2.24) is 9.97 Å². The SMILES string of the molecule is Cc1cc2ncnc(Nc3ccc(OCc4ccccc4)cc3)c2cc1C. The van der Waals surface area contributed by atoms with Crippen molar-refractivity contribution in [2.45, 2.75) is 20.5 Å². The zero-order chi connectivity index (χ0) is 18.6. The molecular weight excluding hydrogens is 334 g/mol. The van der Waals surface area contributed by atoms with Crippen LogP contribution in [0.25, 0.3) is 10.9 Å². The first-order valence-corrected chi connectivity index (χ1v) is 8.95. The quantitative estimate of drug-likeness (QED) is 0.508. The fraction of sp³-hybridized carbons (Fsp3) is 0.130. The summed E-state index contributed by atoms with van der Waals surface area (Å²) in [6, 6.07) is 22.3. The fourth-order valence-electron chi connectivity index (χ4n) is 2.93. The van der Waals surface area contributed by atoms with Crippen LogP contribution in [0.3, 0.4) is 0 Å². The number of hydrogen-bond acceptors (Lipinski definition) is 4. The molecule has 0 aliphatic rings. The first-order chi connectivity index (χ1) is 13.2. The highest BCUT2D eigenvalue weighted by Gasteiger charge is 2.06. The molecule has 0 saturated heterocycles. The minimum Gasteiger partial charge on any atom is -0.489 e. The van der Waals surface area contributed by atoms with Gasteiger partial charge in [0.25, 0.3) is 0 Å². The van der Waals surface area contributed by atoms with Gasteiger partial charge in [0.05, 0.1) is 5.52 Å². The van der Waals surface area contributed by atoms with E-state index in [-0.39, 0.29) is 0 Å². The smallest absolute Gasteiger partial charge is 0.141 e. The van der Waals surface area contributed by atoms with Crippen LogP contribution in [0.1, 0.15) is 16.7 Å². The maximum atomic E-state index is 5.84. The monoisotopic (exact) mass is 355 g/mol. The van der Waals surface area contributed by atoms with E-state index in [0.29, 0.717) is 6.61 Å². The molecule has 1 N–H and O–H groups in total. The molecule has 0 amide bonds. The minimum atomic E-state index is 0.558. The van der Waals surface area contributed by atoms with Crippen molar-refractivity contribution >= 4 is 22.4 Å². The Morgan fingerprint density at radius 3 is 2.37 bits per heavy atom. The molecule has 27 heavy (non-hydrogen) atoms. The zero-order valence-corrected chi connectivity index (χ0v) is 15.4. The van der Waals surface area contributed by atoms with E-state index in [1.165, 1.54) is 11.1 Å². The average molecular weight is 355 g/mol. The van der Waals surface area contributed by atoms with Crippen LogP contribution in [0.15, 0.2) is 73.1 Å². The molecule has 0 unspecified atom stereocenters. The third-order valence-electron chi connectivity index (χ3n) is 4.62. The third kappa shape index (κ3) is 3.90. The van der Waals surface area contributed by atoms with Crippen molar-refractivity contribution < 1.29 is 4.74 Å². The topological polar surface area (TPSA) is 47.0 Å². The van der Waals surface area contributed by atoms with Gasteiger partial charge >= 0.3 is 0 Å². The van der Waals surface area contributed by atoms with E-state index in [0.717, 1.165) is 33.7 Å². The molecule has 1 aromatic heterocycles. The van der Waals surface area contributed by atoms with Crippen LogP contribution in [0, 0.1) is 13.8 Å². The van der Waals surface area contributed by atoms with Crippen LogP contribution in [-0.2, 0) is 6.61 Å². The summed E-state index contributed by atoms with van der Waals surface area (Å²) in [5, 5.41) is 4.41. The van der Waals surface area contributed by atoms with Crippen LogP contribution in [0.2, 0.25) is 0 Å². The standard InChI is InChI=1S/C23H21N3O/c1-16-12-21-22(13-17(16)2)24-15-25-23(21)26-19-8-10-20(11-9-19)27-14-18-6-4-3-5-7-18/h3-13,15H,14H2,1-2H3,(H,24,25,26). The molecule has 4 heteroatoms. The maximum absolute atomic E-state index is 5.84. The van der Waals surface area contributed by atoms with Gasteiger partial charge in [-0.05, 0) is 66.9 Å². The van der Waals surface area contributed by atoms with Gasteiger partial charge in [-0.25, -0.2) is 9.97 Å². The molecule has 4 nitrogen and oxygen atoms in total. The molecule has 0 spiro atoms. The first kappa shape index (κ1) is 17.0. The molecular formula is C23H21N3O. The molecule has 0 radical (unpaired) electrons. The number of ether oxygens (including phenoxy) is 1. The van der Waals surface area contributed by atoms with E-state index in [1.54, 1.807) is 6.33 Å². The van der Waals surface area contributed by atoms with E-state index in [1.807, 2.05) is 42.5 Å². The summed E-state index contributed by atoms with van der Waals surface area (Å²) < 4.78 is 5.84. The summed E-state index contributed by atoms with van der Waals surface area (Å²) in [6.45, 7) is 4.76. The predicted molar refractivity (Wildman–Crippen MR) is 110 cm³/mol. The van der Waals surface area contributed by atoms with Crippen molar-refractivity contribution in [3.63, 3.8) is 0 Å². The molecule has 134 valence electrons.